The predicted octanol–water partition coefficient (Wildman–Crippen LogP) is 5.96. The van der Waals surface area contributed by atoms with Crippen molar-refractivity contribution in [3.63, 3.8) is 0 Å². The molecule has 3 heteroatoms. The average molecular weight is 325 g/mol. The fourth-order valence-corrected chi connectivity index (χ4v) is 3.26. The van der Waals surface area contributed by atoms with Crippen LogP contribution in [-0.2, 0) is 11.1 Å². The summed E-state index contributed by atoms with van der Waals surface area (Å²) in [5.74, 6) is 0.701. The Labute approximate surface area is 139 Å². The third-order valence-electron chi connectivity index (χ3n) is 3.99. The highest BCUT2D eigenvalue weighted by atomic mass is 32.2. The number of hydrogen-bond donors (Lipinski definition) is 0. The minimum absolute atomic E-state index is 0.0985. The molecule has 0 aromatic heterocycles. The predicted molar refractivity (Wildman–Crippen MR) is 96.6 cm³/mol. The summed E-state index contributed by atoms with van der Waals surface area (Å²) in [5, 5.41) is 0.0985. The van der Waals surface area contributed by atoms with Crippen molar-refractivity contribution in [1.82, 2.24) is 0 Å². The van der Waals surface area contributed by atoms with Crippen molar-refractivity contribution in [2.75, 3.05) is 0 Å². The molecule has 0 spiro atoms. The second-order valence-electron chi connectivity index (χ2n) is 6.23. The molecule has 1 rings (SSSR count). The summed E-state index contributed by atoms with van der Waals surface area (Å²) in [4.78, 5) is 0. The molecule has 0 heterocycles. The molecule has 0 aliphatic rings. The third-order valence-corrected chi connectivity index (χ3v) is 5.24. The van der Waals surface area contributed by atoms with Crippen LogP contribution >= 0.6 is 0 Å². The smallest absolute Gasteiger partial charge is 0.209 e. The Morgan fingerprint density at radius 2 is 1.50 bits per heavy atom. The topological polar surface area (TPSA) is 26.3 Å². The summed E-state index contributed by atoms with van der Waals surface area (Å²) < 4.78 is 17.7. The molecule has 0 saturated heterocycles. The third kappa shape index (κ3) is 8.57. The highest BCUT2D eigenvalue weighted by Gasteiger charge is 2.13. The van der Waals surface area contributed by atoms with Gasteiger partial charge in [-0.25, -0.2) is 4.21 Å². The summed E-state index contributed by atoms with van der Waals surface area (Å²) in [7, 11) is 0. The molecule has 0 bridgehead atoms. The van der Waals surface area contributed by atoms with E-state index in [9.17, 15) is 4.21 Å². The quantitative estimate of drug-likeness (QED) is 0.444. The van der Waals surface area contributed by atoms with Crippen LogP contribution in [-0.4, -0.2) is 9.46 Å². The number of aryl methyl sites for hydroxylation is 1. The summed E-state index contributed by atoms with van der Waals surface area (Å²) in [6.07, 6.45) is 11.5. The standard InChI is InChI=1S/C19H32O2S/c1-4-5-6-7-8-9-10-11-12-18(3)22(20)21-19-15-13-17(2)14-16-19/h13-16,18H,4-12H2,1-3H3. The van der Waals surface area contributed by atoms with Crippen molar-refractivity contribution in [3.8, 4) is 5.75 Å². The van der Waals surface area contributed by atoms with Gasteiger partial charge >= 0.3 is 0 Å². The van der Waals surface area contributed by atoms with E-state index < -0.39 is 11.1 Å². The van der Waals surface area contributed by atoms with Gasteiger partial charge < -0.3 is 4.18 Å². The Kier molecular flexibility index (Phi) is 10.2. The maximum atomic E-state index is 12.1. The van der Waals surface area contributed by atoms with Crippen LogP contribution in [0.15, 0.2) is 24.3 Å². The molecule has 0 aliphatic carbocycles. The maximum Gasteiger partial charge on any atom is 0.209 e. The van der Waals surface area contributed by atoms with Gasteiger partial charge in [0.05, 0.1) is 5.25 Å². The Morgan fingerprint density at radius 1 is 0.955 bits per heavy atom. The van der Waals surface area contributed by atoms with Crippen LogP contribution in [0.25, 0.3) is 0 Å². The van der Waals surface area contributed by atoms with E-state index in [0.29, 0.717) is 5.75 Å². The van der Waals surface area contributed by atoms with Gasteiger partial charge in [-0.15, -0.1) is 0 Å². The molecule has 0 saturated carbocycles. The molecule has 2 nitrogen and oxygen atoms in total. The van der Waals surface area contributed by atoms with E-state index in [1.165, 1.54) is 50.5 Å². The number of benzene rings is 1. The zero-order valence-corrected chi connectivity index (χ0v) is 15.3. The molecule has 22 heavy (non-hydrogen) atoms. The fraction of sp³-hybridized carbons (Fsp3) is 0.684. The van der Waals surface area contributed by atoms with Crippen LogP contribution in [0, 0.1) is 6.92 Å². The Balaban J connectivity index is 2.10. The second kappa shape index (κ2) is 11.7. The van der Waals surface area contributed by atoms with Gasteiger partial charge in [0, 0.05) is 0 Å². The zero-order chi connectivity index (χ0) is 16.2. The van der Waals surface area contributed by atoms with Crippen LogP contribution in [0.2, 0.25) is 0 Å². The minimum atomic E-state index is -1.23. The van der Waals surface area contributed by atoms with Gasteiger partial charge in [0.1, 0.15) is 5.75 Å². The van der Waals surface area contributed by atoms with Crippen molar-refractivity contribution in [1.29, 1.82) is 0 Å². The molecule has 0 amide bonds. The van der Waals surface area contributed by atoms with Crippen LogP contribution in [0.4, 0.5) is 0 Å². The molecule has 2 unspecified atom stereocenters. The van der Waals surface area contributed by atoms with Gasteiger partial charge in [0.15, 0.2) is 0 Å². The molecule has 0 aliphatic heterocycles. The molecule has 1 aromatic rings. The van der Waals surface area contributed by atoms with Crippen LogP contribution in [0.3, 0.4) is 0 Å². The number of rotatable bonds is 12. The first-order chi connectivity index (χ1) is 10.6. The summed E-state index contributed by atoms with van der Waals surface area (Å²) >= 11 is -1.23. The maximum absolute atomic E-state index is 12.1. The van der Waals surface area contributed by atoms with Gasteiger partial charge in [-0.1, -0.05) is 76.0 Å². The lowest BCUT2D eigenvalue weighted by Crippen LogP contribution is -2.16. The number of unbranched alkanes of at least 4 members (excludes halogenated alkanes) is 7. The van der Waals surface area contributed by atoms with Gasteiger partial charge in [0.2, 0.25) is 11.1 Å². The Bertz CT molecular complexity index is 414. The fourth-order valence-electron chi connectivity index (χ4n) is 2.43. The first-order valence-corrected chi connectivity index (χ1v) is 9.93. The Hall–Kier alpha value is -0.830. The van der Waals surface area contributed by atoms with Crippen LogP contribution in [0.1, 0.15) is 77.2 Å². The van der Waals surface area contributed by atoms with E-state index in [-0.39, 0.29) is 5.25 Å². The van der Waals surface area contributed by atoms with Crippen molar-refractivity contribution < 1.29 is 8.39 Å². The minimum Gasteiger partial charge on any atom is -0.400 e. The van der Waals surface area contributed by atoms with Crippen molar-refractivity contribution in [2.45, 2.75) is 83.8 Å². The van der Waals surface area contributed by atoms with Crippen molar-refractivity contribution in [2.24, 2.45) is 0 Å². The molecular weight excluding hydrogens is 292 g/mol. The van der Waals surface area contributed by atoms with Gasteiger partial charge in [0.25, 0.3) is 0 Å². The largest absolute Gasteiger partial charge is 0.400 e. The van der Waals surface area contributed by atoms with Gasteiger partial charge in [-0.05, 0) is 32.4 Å². The normalized spacial score (nSPS) is 13.8. The SMILES string of the molecule is CCCCCCCCCCC(C)S(=O)Oc1ccc(C)cc1. The lowest BCUT2D eigenvalue weighted by molar-refractivity contribution is 0.529. The lowest BCUT2D eigenvalue weighted by atomic mass is 10.1. The molecule has 0 fully saturated rings. The second-order valence-corrected chi connectivity index (χ2v) is 7.72. The van der Waals surface area contributed by atoms with Crippen molar-refractivity contribution >= 4 is 11.1 Å². The summed E-state index contributed by atoms with van der Waals surface area (Å²) in [5.41, 5.74) is 1.19. The summed E-state index contributed by atoms with van der Waals surface area (Å²) in [6, 6.07) is 7.73. The lowest BCUT2D eigenvalue weighted by Gasteiger charge is -2.12. The molecule has 126 valence electrons. The zero-order valence-electron chi connectivity index (χ0n) is 14.5. The average Bonchev–Trinajstić information content (AvgIpc) is 2.52. The van der Waals surface area contributed by atoms with Crippen molar-refractivity contribution in [3.05, 3.63) is 29.8 Å². The molecule has 0 N–H and O–H groups in total. The van der Waals surface area contributed by atoms with E-state index in [1.807, 2.05) is 38.1 Å². The van der Waals surface area contributed by atoms with E-state index in [4.69, 9.17) is 4.18 Å². The van der Waals surface area contributed by atoms with E-state index >= 15 is 0 Å². The van der Waals surface area contributed by atoms with E-state index in [0.717, 1.165) is 12.8 Å². The highest BCUT2D eigenvalue weighted by Crippen LogP contribution is 2.17. The first kappa shape index (κ1) is 19.2. The van der Waals surface area contributed by atoms with Gasteiger partial charge in [-0.2, -0.15) is 0 Å². The highest BCUT2D eigenvalue weighted by molar-refractivity contribution is 7.81. The van der Waals surface area contributed by atoms with Crippen LogP contribution < -0.4 is 4.18 Å². The van der Waals surface area contributed by atoms with E-state index in [1.54, 1.807) is 0 Å². The molecular formula is C19H32O2S. The Morgan fingerprint density at radius 3 is 2.09 bits per heavy atom. The number of hydrogen-bond acceptors (Lipinski definition) is 2. The molecule has 2 atom stereocenters. The monoisotopic (exact) mass is 324 g/mol. The van der Waals surface area contributed by atoms with E-state index in [2.05, 4.69) is 6.92 Å². The van der Waals surface area contributed by atoms with Gasteiger partial charge in [-0.3, -0.25) is 0 Å². The van der Waals surface area contributed by atoms with Crippen LogP contribution in [0.5, 0.6) is 5.75 Å². The molecule has 1 aromatic carbocycles. The molecule has 0 radical (unpaired) electrons. The summed E-state index contributed by atoms with van der Waals surface area (Å²) in [6.45, 7) is 6.30. The first-order valence-electron chi connectivity index (χ1n) is 8.79.